The molecule has 1 aromatic heterocycles. The Morgan fingerprint density at radius 1 is 1.23 bits per heavy atom. The molecule has 1 aromatic carbocycles. The molecular weight excluding hydrogens is 348 g/mol. The summed E-state index contributed by atoms with van der Waals surface area (Å²) in [5, 5.41) is 5.29. The summed E-state index contributed by atoms with van der Waals surface area (Å²) in [7, 11) is 1.17. The van der Waals surface area contributed by atoms with E-state index >= 15 is 0 Å². The zero-order chi connectivity index (χ0) is 16.5. The molecule has 0 saturated carbocycles. The van der Waals surface area contributed by atoms with Crippen LogP contribution in [-0.2, 0) is 10.9 Å². The molecule has 2 rings (SSSR count). The standard InChI is InChI=1S/C12H7Cl2F3N2O3/c1-21-11(20)8-4-9(19-18-8)22-10-6(13)2-5(3-7(10)14)12(15,16)17/h2-4H,1H3,(H,18,19). The lowest BCUT2D eigenvalue weighted by Crippen LogP contribution is -2.05. The number of nitrogens with zero attached hydrogens (tertiary/aromatic N) is 1. The fourth-order valence-corrected chi connectivity index (χ4v) is 2.06. The Hall–Kier alpha value is -1.93. The summed E-state index contributed by atoms with van der Waals surface area (Å²) in [4.78, 5) is 11.2. The number of alkyl halides is 3. The average molecular weight is 355 g/mol. The van der Waals surface area contributed by atoms with Crippen LogP contribution in [0, 0.1) is 0 Å². The van der Waals surface area contributed by atoms with Crippen LogP contribution in [0.15, 0.2) is 18.2 Å². The van der Waals surface area contributed by atoms with Crippen molar-refractivity contribution in [1.82, 2.24) is 10.2 Å². The van der Waals surface area contributed by atoms with Crippen LogP contribution in [-0.4, -0.2) is 23.3 Å². The van der Waals surface area contributed by atoms with Crippen LogP contribution in [0.25, 0.3) is 0 Å². The molecule has 0 aliphatic heterocycles. The monoisotopic (exact) mass is 354 g/mol. The number of rotatable bonds is 3. The molecule has 0 atom stereocenters. The predicted octanol–water partition coefficient (Wildman–Crippen LogP) is 4.31. The summed E-state index contributed by atoms with van der Waals surface area (Å²) in [5.41, 5.74) is -1.01. The summed E-state index contributed by atoms with van der Waals surface area (Å²) in [6.07, 6.45) is -4.59. The average Bonchev–Trinajstić information content (AvgIpc) is 2.89. The van der Waals surface area contributed by atoms with Crippen molar-refractivity contribution >= 4 is 29.2 Å². The summed E-state index contributed by atoms with van der Waals surface area (Å²) >= 11 is 11.5. The highest BCUT2D eigenvalue weighted by atomic mass is 35.5. The van der Waals surface area contributed by atoms with Gasteiger partial charge in [0.05, 0.1) is 22.7 Å². The van der Waals surface area contributed by atoms with E-state index in [1.165, 1.54) is 13.2 Å². The maximum absolute atomic E-state index is 12.6. The summed E-state index contributed by atoms with van der Waals surface area (Å²) in [6.45, 7) is 0. The summed E-state index contributed by atoms with van der Waals surface area (Å²) < 4.78 is 47.5. The molecular formula is C12H7Cl2F3N2O3. The largest absolute Gasteiger partial charge is 0.464 e. The van der Waals surface area contributed by atoms with Crippen molar-refractivity contribution in [2.45, 2.75) is 6.18 Å². The highest BCUT2D eigenvalue weighted by Crippen LogP contribution is 2.41. The highest BCUT2D eigenvalue weighted by Gasteiger charge is 2.32. The van der Waals surface area contributed by atoms with Gasteiger partial charge in [0.25, 0.3) is 0 Å². The Labute approximate surface area is 131 Å². The molecule has 0 unspecified atom stereocenters. The number of carbonyl (C=O) groups excluding carboxylic acids is 1. The van der Waals surface area contributed by atoms with Crippen molar-refractivity contribution in [2.75, 3.05) is 7.11 Å². The second-order valence-corrected chi connectivity index (χ2v) is 4.79. The van der Waals surface area contributed by atoms with Crippen molar-refractivity contribution in [3.8, 4) is 11.6 Å². The molecule has 0 spiro atoms. The topological polar surface area (TPSA) is 64.2 Å². The first-order chi connectivity index (χ1) is 10.2. The fourth-order valence-electron chi connectivity index (χ4n) is 1.50. The molecule has 0 fully saturated rings. The number of halogens is 5. The van der Waals surface area contributed by atoms with Gasteiger partial charge in [-0.1, -0.05) is 23.2 Å². The van der Waals surface area contributed by atoms with Gasteiger partial charge < -0.3 is 9.47 Å². The molecule has 1 heterocycles. The molecule has 5 nitrogen and oxygen atoms in total. The lowest BCUT2D eigenvalue weighted by Gasteiger charge is -2.11. The minimum absolute atomic E-state index is 0.00310. The Morgan fingerprint density at radius 3 is 2.32 bits per heavy atom. The first kappa shape index (κ1) is 16.4. The maximum Gasteiger partial charge on any atom is 0.416 e. The number of esters is 1. The third-order valence-corrected chi connectivity index (χ3v) is 3.05. The van der Waals surface area contributed by atoms with Gasteiger partial charge in [-0.15, -0.1) is 5.10 Å². The Balaban J connectivity index is 2.30. The van der Waals surface area contributed by atoms with E-state index in [4.69, 9.17) is 27.9 Å². The molecule has 10 heteroatoms. The fraction of sp³-hybridized carbons (Fsp3) is 0.167. The van der Waals surface area contributed by atoms with E-state index in [0.29, 0.717) is 12.1 Å². The molecule has 2 aromatic rings. The molecule has 22 heavy (non-hydrogen) atoms. The van der Waals surface area contributed by atoms with Crippen LogP contribution in [0.4, 0.5) is 13.2 Å². The van der Waals surface area contributed by atoms with Gasteiger partial charge in [-0.25, -0.2) is 4.79 Å². The van der Waals surface area contributed by atoms with E-state index in [1.54, 1.807) is 0 Å². The number of benzene rings is 1. The first-order valence-corrected chi connectivity index (χ1v) is 6.35. The number of aromatic amines is 1. The minimum atomic E-state index is -4.59. The lowest BCUT2D eigenvalue weighted by atomic mass is 10.2. The molecule has 1 N–H and O–H groups in total. The van der Waals surface area contributed by atoms with E-state index in [1.807, 2.05) is 0 Å². The van der Waals surface area contributed by atoms with Gasteiger partial charge in [-0.2, -0.15) is 13.2 Å². The van der Waals surface area contributed by atoms with E-state index in [0.717, 1.165) is 0 Å². The van der Waals surface area contributed by atoms with E-state index in [-0.39, 0.29) is 27.4 Å². The van der Waals surface area contributed by atoms with Crippen molar-refractivity contribution < 1.29 is 27.4 Å². The molecule has 0 amide bonds. The van der Waals surface area contributed by atoms with E-state index in [2.05, 4.69) is 14.9 Å². The number of nitrogens with one attached hydrogen (secondary N) is 1. The van der Waals surface area contributed by atoms with Crippen molar-refractivity contribution in [2.24, 2.45) is 0 Å². The zero-order valence-corrected chi connectivity index (χ0v) is 12.3. The zero-order valence-electron chi connectivity index (χ0n) is 10.8. The number of H-pyrrole nitrogens is 1. The van der Waals surface area contributed by atoms with E-state index in [9.17, 15) is 18.0 Å². The van der Waals surface area contributed by atoms with Gasteiger partial charge in [0, 0.05) is 6.07 Å². The van der Waals surface area contributed by atoms with Crippen LogP contribution in [0.1, 0.15) is 16.1 Å². The third-order valence-electron chi connectivity index (χ3n) is 2.49. The van der Waals surface area contributed by atoms with Crippen LogP contribution >= 0.6 is 23.2 Å². The lowest BCUT2D eigenvalue weighted by molar-refractivity contribution is -0.137. The van der Waals surface area contributed by atoms with Gasteiger partial charge in [-0.3, -0.25) is 5.10 Å². The molecule has 0 aliphatic carbocycles. The predicted molar refractivity (Wildman–Crippen MR) is 71.5 cm³/mol. The first-order valence-electron chi connectivity index (χ1n) is 5.60. The van der Waals surface area contributed by atoms with Crippen LogP contribution < -0.4 is 4.74 Å². The second-order valence-electron chi connectivity index (χ2n) is 3.98. The number of carbonyl (C=O) groups is 1. The maximum atomic E-state index is 12.6. The summed E-state index contributed by atoms with van der Waals surface area (Å²) in [5.74, 6) is -1.00. The van der Waals surface area contributed by atoms with Crippen LogP contribution in [0.5, 0.6) is 11.6 Å². The Bertz CT molecular complexity index is 693. The van der Waals surface area contributed by atoms with Gasteiger partial charge >= 0.3 is 12.1 Å². The van der Waals surface area contributed by atoms with Gasteiger partial charge in [-0.05, 0) is 12.1 Å². The minimum Gasteiger partial charge on any atom is -0.464 e. The van der Waals surface area contributed by atoms with Crippen molar-refractivity contribution in [1.29, 1.82) is 0 Å². The Kier molecular flexibility index (Phi) is 4.52. The smallest absolute Gasteiger partial charge is 0.416 e. The van der Waals surface area contributed by atoms with Gasteiger partial charge in [0.15, 0.2) is 5.75 Å². The molecule has 0 saturated heterocycles. The van der Waals surface area contributed by atoms with Gasteiger partial charge in [0.2, 0.25) is 5.88 Å². The number of methoxy groups -OCH3 is 1. The number of hydrogen-bond donors (Lipinski definition) is 1. The quantitative estimate of drug-likeness (QED) is 0.834. The Morgan fingerprint density at radius 2 is 1.82 bits per heavy atom. The third kappa shape index (κ3) is 3.45. The molecule has 0 aliphatic rings. The second kappa shape index (κ2) is 6.05. The van der Waals surface area contributed by atoms with Crippen LogP contribution in [0.2, 0.25) is 10.0 Å². The van der Waals surface area contributed by atoms with E-state index < -0.39 is 17.7 Å². The normalized spacial score (nSPS) is 11.4. The van der Waals surface area contributed by atoms with Crippen LogP contribution in [0.3, 0.4) is 0 Å². The number of ether oxygens (including phenoxy) is 2. The van der Waals surface area contributed by atoms with Crippen molar-refractivity contribution in [3.05, 3.63) is 39.5 Å². The summed E-state index contributed by atoms with van der Waals surface area (Å²) in [6, 6.07) is 2.55. The molecule has 0 bridgehead atoms. The van der Waals surface area contributed by atoms with Gasteiger partial charge in [0.1, 0.15) is 5.69 Å². The molecule has 118 valence electrons. The molecule has 0 radical (unpaired) electrons. The van der Waals surface area contributed by atoms with Crippen molar-refractivity contribution in [3.63, 3.8) is 0 Å². The SMILES string of the molecule is COC(=O)c1cc(Oc2c(Cl)cc(C(F)(F)F)cc2Cl)n[nH]1. The highest BCUT2D eigenvalue weighted by molar-refractivity contribution is 6.37. The number of aromatic nitrogens is 2. The number of hydrogen-bond acceptors (Lipinski definition) is 4.